The summed E-state index contributed by atoms with van der Waals surface area (Å²) in [6, 6.07) is 7.83. The third kappa shape index (κ3) is 2.79. The molecule has 1 amide bonds. The Kier molecular flexibility index (Phi) is 4.17. The third-order valence-electron chi connectivity index (χ3n) is 3.51. The van der Waals surface area contributed by atoms with Crippen LogP contribution < -0.4 is 0 Å². The predicted molar refractivity (Wildman–Crippen MR) is 83.3 cm³/mol. The number of hydrogen-bond donors (Lipinski definition) is 0. The van der Waals surface area contributed by atoms with Crippen LogP contribution in [0.4, 0.5) is 0 Å². The quantitative estimate of drug-likeness (QED) is 0.875. The molecule has 0 unspecified atom stereocenters. The molecule has 4 nitrogen and oxygen atoms in total. The van der Waals surface area contributed by atoms with E-state index < -0.39 is 0 Å². The lowest BCUT2D eigenvalue weighted by Gasteiger charge is -2.26. The third-order valence-corrected chi connectivity index (χ3v) is 4.74. The first-order valence-corrected chi connectivity index (χ1v) is 8.25. The number of thioether (sulfide) groups is 1. The molecule has 0 aliphatic carbocycles. The van der Waals surface area contributed by atoms with E-state index in [0.29, 0.717) is 18.1 Å². The molecular weight excluding hydrogens is 294 g/mol. The molecule has 20 heavy (non-hydrogen) atoms. The van der Waals surface area contributed by atoms with Crippen LogP contribution in [0, 0.1) is 0 Å². The zero-order chi connectivity index (χ0) is 13.9. The fourth-order valence-electron chi connectivity index (χ4n) is 2.43. The molecule has 0 spiro atoms. The second-order valence-corrected chi connectivity index (χ2v) is 6.36. The van der Waals surface area contributed by atoms with Crippen LogP contribution in [0.5, 0.6) is 0 Å². The average molecular weight is 310 g/mol. The molecule has 0 radical (unpaired) electrons. The summed E-state index contributed by atoms with van der Waals surface area (Å²) in [7, 11) is 0. The number of para-hydroxylation sites is 1. The zero-order valence-electron chi connectivity index (χ0n) is 11.1. The van der Waals surface area contributed by atoms with Crippen LogP contribution in [0.25, 0.3) is 10.9 Å². The molecule has 106 valence electrons. The standard InChI is InChI=1S/C14H16ClN3OS/c15-14-11-3-1-2-4-12(11)18(16-14)6-5-13(19)17-7-9-20-10-8-17/h1-4H,5-10H2. The van der Waals surface area contributed by atoms with Gasteiger partial charge in [0.05, 0.1) is 12.1 Å². The Morgan fingerprint density at radius 2 is 2.05 bits per heavy atom. The Hall–Kier alpha value is -1.20. The smallest absolute Gasteiger partial charge is 0.224 e. The van der Waals surface area contributed by atoms with E-state index in [-0.39, 0.29) is 5.91 Å². The molecule has 0 bridgehead atoms. The lowest BCUT2D eigenvalue weighted by atomic mass is 10.2. The van der Waals surface area contributed by atoms with Crippen molar-refractivity contribution in [3.05, 3.63) is 29.4 Å². The lowest BCUT2D eigenvalue weighted by molar-refractivity contribution is -0.131. The molecule has 0 saturated carbocycles. The average Bonchev–Trinajstić information content (AvgIpc) is 2.83. The van der Waals surface area contributed by atoms with Gasteiger partial charge in [-0.3, -0.25) is 9.48 Å². The van der Waals surface area contributed by atoms with Gasteiger partial charge in [-0.15, -0.1) is 0 Å². The number of halogens is 1. The second kappa shape index (κ2) is 6.06. The fourth-order valence-corrected chi connectivity index (χ4v) is 3.58. The Morgan fingerprint density at radius 3 is 2.85 bits per heavy atom. The van der Waals surface area contributed by atoms with Crippen LogP contribution >= 0.6 is 23.4 Å². The summed E-state index contributed by atoms with van der Waals surface area (Å²) in [5.74, 6) is 2.30. The van der Waals surface area contributed by atoms with E-state index in [1.54, 1.807) is 0 Å². The summed E-state index contributed by atoms with van der Waals surface area (Å²) < 4.78 is 1.83. The minimum absolute atomic E-state index is 0.209. The predicted octanol–water partition coefficient (Wildman–Crippen LogP) is 2.66. The molecule has 1 aromatic heterocycles. The van der Waals surface area contributed by atoms with Crippen LogP contribution in [0.3, 0.4) is 0 Å². The number of aromatic nitrogens is 2. The van der Waals surface area contributed by atoms with E-state index in [4.69, 9.17) is 11.6 Å². The number of fused-ring (bicyclic) bond motifs is 1. The molecule has 0 N–H and O–H groups in total. The summed E-state index contributed by atoms with van der Waals surface area (Å²) in [5, 5.41) is 5.76. The molecule has 2 aromatic rings. The van der Waals surface area contributed by atoms with E-state index in [1.165, 1.54) is 0 Å². The van der Waals surface area contributed by atoms with Gasteiger partial charge in [0.1, 0.15) is 0 Å². The van der Waals surface area contributed by atoms with E-state index in [9.17, 15) is 4.79 Å². The molecule has 1 fully saturated rings. The van der Waals surface area contributed by atoms with Gasteiger partial charge in [-0.25, -0.2) is 0 Å². The highest BCUT2D eigenvalue weighted by molar-refractivity contribution is 7.99. The zero-order valence-corrected chi connectivity index (χ0v) is 12.7. The normalized spacial score (nSPS) is 15.8. The monoisotopic (exact) mass is 309 g/mol. The number of rotatable bonds is 3. The van der Waals surface area contributed by atoms with E-state index >= 15 is 0 Å². The van der Waals surface area contributed by atoms with Gasteiger partial charge in [-0.05, 0) is 12.1 Å². The van der Waals surface area contributed by atoms with E-state index in [0.717, 1.165) is 35.5 Å². The molecule has 1 aromatic carbocycles. The van der Waals surface area contributed by atoms with Crippen molar-refractivity contribution < 1.29 is 4.79 Å². The number of benzene rings is 1. The van der Waals surface area contributed by atoms with Crippen LogP contribution in [0.1, 0.15) is 6.42 Å². The molecule has 1 aliphatic heterocycles. The number of aryl methyl sites for hydroxylation is 1. The Labute approximate surface area is 127 Å². The van der Waals surface area contributed by atoms with Gasteiger partial charge < -0.3 is 4.90 Å². The maximum Gasteiger partial charge on any atom is 0.224 e. The van der Waals surface area contributed by atoms with Crippen molar-refractivity contribution in [1.29, 1.82) is 0 Å². The molecule has 2 heterocycles. The summed E-state index contributed by atoms with van der Waals surface area (Å²) in [4.78, 5) is 14.1. The first-order valence-electron chi connectivity index (χ1n) is 6.72. The van der Waals surface area contributed by atoms with Gasteiger partial charge in [-0.2, -0.15) is 16.9 Å². The summed E-state index contributed by atoms with van der Waals surface area (Å²) in [6.07, 6.45) is 0.479. The number of nitrogens with zero attached hydrogens (tertiary/aromatic N) is 3. The fraction of sp³-hybridized carbons (Fsp3) is 0.429. The minimum atomic E-state index is 0.209. The number of carbonyl (C=O) groups excluding carboxylic acids is 1. The topological polar surface area (TPSA) is 38.1 Å². The van der Waals surface area contributed by atoms with Crippen molar-refractivity contribution in [3.63, 3.8) is 0 Å². The molecule has 0 atom stereocenters. The van der Waals surface area contributed by atoms with Crippen LogP contribution in [0.2, 0.25) is 5.15 Å². The van der Waals surface area contributed by atoms with Crippen molar-refractivity contribution in [2.45, 2.75) is 13.0 Å². The van der Waals surface area contributed by atoms with Gasteiger partial charge in [0.2, 0.25) is 5.91 Å². The van der Waals surface area contributed by atoms with Gasteiger partial charge in [-0.1, -0.05) is 23.7 Å². The van der Waals surface area contributed by atoms with Gasteiger partial charge >= 0.3 is 0 Å². The van der Waals surface area contributed by atoms with Crippen LogP contribution in [-0.2, 0) is 11.3 Å². The first kappa shape index (κ1) is 13.8. The molecule has 6 heteroatoms. The second-order valence-electron chi connectivity index (χ2n) is 4.77. The van der Waals surface area contributed by atoms with Crippen molar-refractivity contribution in [2.24, 2.45) is 0 Å². The summed E-state index contributed by atoms with van der Waals surface area (Å²) in [6.45, 7) is 2.31. The highest BCUT2D eigenvalue weighted by Crippen LogP contribution is 2.22. The van der Waals surface area contributed by atoms with Crippen molar-refractivity contribution in [2.75, 3.05) is 24.6 Å². The Bertz CT molecular complexity index is 622. The highest BCUT2D eigenvalue weighted by Gasteiger charge is 2.17. The maximum atomic E-state index is 12.2. The van der Waals surface area contributed by atoms with E-state index in [2.05, 4.69) is 5.10 Å². The van der Waals surface area contributed by atoms with Gasteiger partial charge in [0.25, 0.3) is 0 Å². The largest absolute Gasteiger partial charge is 0.341 e. The number of carbonyl (C=O) groups is 1. The number of hydrogen-bond acceptors (Lipinski definition) is 3. The Morgan fingerprint density at radius 1 is 1.30 bits per heavy atom. The molecule has 3 rings (SSSR count). The summed E-state index contributed by atoms with van der Waals surface area (Å²) in [5.41, 5.74) is 0.986. The molecule has 1 aliphatic rings. The first-order chi connectivity index (χ1) is 9.75. The van der Waals surface area contributed by atoms with Gasteiger partial charge in [0.15, 0.2) is 5.15 Å². The van der Waals surface area contributed by atoms with E-state index in [1.807, 2.05) is 45.6 Å². The summed E-state index contributed by atoms with van der Waals surface area (Å²) >= 11 is 8.02. The number of amides is 1. The van der Waals surface area contributed by atoms with Crippen molar-refractivity contribution >= 4 is 40.2 Å². The van der Waals surface area contributed by atoms with Gasteiger partial charge in [0, 0.05) is 36.4 Å². The minimum Gasteiger partial charge on any atom is -0.341 e. The van der Waals surface area contributed by atoms with Crippen molar-refractivity contribution in [1.82, 2.24) is 14.7 Å². The van der Waals surface area contributed by atoms with Crippen LogP contribution in [0.15, 0.2) is 24.3 Å². The lowest BCUT2D eigenvalue weighted by Crippen LogP contribution is -2.38. The molecule has 1 saturated heterocycles. The molecular formula is C14H16ClN3OS. The van der Waals surface area contributed by atoms with Crippen LogP contribution in [-0.4, -0.2) is 45.2 Å². The highest BCUT2D eigenvalue weighted by atomic mass is 35.5. The maximum absolute atomic E-state index is 12.2. The van der Waals surface area contributed by atoms with Crippen molar-refractivity contribution in [3.8, 4) is 0 Å². The SMILES string of the molecule is O=C(CCn1nc(Cl)c2ccccc21)N1CCSCC1. The Balaban J connectivity index is 1.69.